The lowest BCUT2D eigenvalue weighted by Gasteiger charge is -2.11. The summed E-state index contributed by atoms with van der Waals surface area (Å²) in [7, 11) is -4.01. The fourth-order valence-corrected chi connectivity index (χ4v) is 3.00. The van der Waals surface area contributed by atoms with Crippen LogP contribution in [0.25, 0.3) is 0 Å². The quantitative estimate of drug-likeness (QED) is 0.614. The zero-order valence-electron chi connectivity index (χ0n) is 10.1. The van der Waals surface area contributed by atoms with Crippen LogP contribution in [0, 0.1) is 0 Å². The topological polar surface area (TPSA) is 81.4 Å². The maximum absolute atomic E-state index is 11.9. The van der Waals surface area contributed by atoms with Gasteiger partial charge in [-0.2, -0.15) is 13.2 Å². The van der Waals surface area contributed by atoms with Crippen LogP contribution in [0.15, 0.2) is 23.1 Å². The first kappa shape index (κ1) is 17.0. The van der Waals surface area contributed by atoms with Crippen LogP contribution in [0.3, 0.4) is 0 Å². The van der Waals surface area contributed by atoms with E-state index < -0.39 is 29.4 Å². The van der Waals surface area contributed by atoms with Crippen molar-refractivity contribution in [2.45, 2.75) is 11.1 Å². The Bertz CT molecular complexity index is 543. The van der Waals surface area contributed by atoms with E-state index in [9.17, 15) is 21.6 Å². The molecule has 0 unspecified atom stereocenters. The Labute approximate surface area is 118 Å². The van der Waals surface area contributed by atoms with Gasteiger partial charge in [0.25, 0.3) is 0 Å². The smallest absolute Gasteiger partial charge is 0.398 e. The van der Waals surface area contributed by atoms with Crippen molar-refractivity contribution in [3.63, 3.8) is 0 Å². The number of halogens is 4. The molecule has 1 aromatic rings. The molecule has 0 bridgehead atoms. The number of sulfonamides is 1. The summed E-state index contributed by atoms with van der Waals surface area (Å²) in [4.78, 5) is -0.308. The molecule has 0 heterocycles. The van der Waals surface area contributed by atoms with E-state index in [2.05, 4.69) is 9.46 Å². The third-order valence-electron chi connectivity index (χ3n) is 2.07. The molecule has 5 nitrogen and oxygen atoms in total. The monoisotopic (exact) mass is 332 g/mol. The second-order valence-corrected chi connectivity index (χ2v) is 5.83. The van der Waals surface area contributed by atoms with Crippen LogP contribution in [0.4, 0.5) is 18.9 Å². The summed E-state index contributed by atoms with van der Waals surface area (Å²) in [5, 5.41) is -0.0753. The summed E-state index contributed by atoms with van der Waals surface area (Å²) in [6.07, 6.45) is -4.45. The Hall–Kier alpha value is -1.03. The van der Waals surface area contributed by atoms with E-state index in [1.54, 1.807) is 0 Å². The maximum Gasteiger partial charge on any atom is 0.411 e. The summed E-state index contributed by atoms with van der Waals surface area (Å²) in [5.41, 5.74) is 5.46. The highest BCUT2D eigenvalue weighted by molar-refractivity contribution is 7.89. The number of alkyl halides is 3. The predicted molar refractivity (Wildman–Crippen MR) is 67.9 cm³/mol. The molecule has 1 rings (SSSR count). The predicted octanol–water partition coefficient (Wildman–Crippen LogP) is 1.78. The second kappa shape index (κ2) is 6.61. The van der Waals surface area contributed by atoms with Gasteiger partial charge in [-0.15, -0.1) is 0 Å². The van der Waals surface area contributed by atoms with Crippen LogP contribution in [0.5, 0.6) is 0 Å². The molecule has 0 aromatic heterocycles. The van der Waals surface area contributed by atoms with Gasteiger partial charge in [0.2, 0.25) is 10.0 Å². The first-order valence-corrected chi connectivity index (χ1v) is 7.18. The van der Waals surface area contributed by atoms with E-state index in [-0.39, 0.29) is 22.2 Å². The van der Waals surface area contributed by atoms with E-state index in [1.807, 2.05) is 0 Å². The van der Waals surface area contributed by atoms with Gasteiger partial charge >= 0.3 is 6.18 Å². The van der Waals surface area contributed by atoms with Crippen molar-refractivity contribution >= 4 is 27.3 Å². The van der Waals surface area contributed by atoms with Gasteiger partial charge in [-0.25, -0.2) is 13.1 Å². The molecular weight excluding hydrogens is 321 g/mol. The maximum atomic E-state index is 11.9. The summed E-state index contributed by atoms with van der Waals surface area (Å²) in [6.45, 7) is -2.20. The third-order valence-corrected chi connectivity index (χ3v) is 4.07. The van der Waals surface area contributed by atoms with Crippen LogP contribution >= 0.6 is 11.6 Å². The molecule has 0 aliphatic rings. The van der Waals surface area contributed by atoms with Crippen LogP contribution in [0.2, 0.25) is 5.02 Å². The summed E-state index contributed by atoms with van der Waals surface area (Å²) in [6, 6.07) is 4.16. The van der Waals surface area contributed by atoms with Gasteiger partial charge in [0.05, 0.1) is 17.3 Å². The number of rotatable bonds is 6. The number of hydrogen-bond acceptors (Lipinski definition) is 4. The van der Waals surface area contributed by atoms with Crippen LogP contribution < -0.4 is 10.5 Å². The fourth-order valence-electron chi connectivity index (χ4n) is 1.32. The lowest BCUT2D eigenvalue weighted by atomic mass is 10.3. The Morgan fingerprint density at radius 1 is 1.35 bits per heavy atom. The van der Waals surface area contributed by atoms with Crippen molar-refractivity contribution in [3.8, 4) is 0 Å². The molecule has 0 saturated carbocycles. The van der Waals surface area contributed by atoms with Gasteiger partial charge in [0, 0.05) is 6.54 Å². The largest absolute Gasteiger partial charge is 0.411 e. The average Bonchev–Trinajstić information content (AvgIpc) is 2.26. The molecule has 0 saturated heterocycles. The van der Waals surface area contributed by atoms with Gasteiger partial charge in [-0.3, -0.25) is 0 Å². The normalized spacial score (nSPS) is 12.6. The van der Waals surface area contributed by atoms with Crippen LogP contribution in [-0.4, -0.2) is 34.4 Å². The summed E-state index contributed by atoms with van der Waals surface area (Å²) in [5.74, 6) is 0. The van der Waals surface area contributed by atoms with Crippen LogP contribution in [0.1, 0.15) is 0 Å². The molecular formula is C10H12ClF3N2O3S. The summed E-state index contributed by atoms with van der Waals surface area (Å²) >= 11 is 5.73. The standard InChI is InChI=1S/C10H12ClF3N2O3S/c11-7-2-1-3-8(15)9(7)20(17,18)16-4-5-19-6-10(12,13)14/h1-3,16H,4-6,15H2. The number of ether oxygens (including phenoxy) is 1. The molecule has 114 valence electrons. The molecule has 0 atom stereocenters. The molecule has 0 fully saturated rings. The highest BCUT2D eigenvalue weighted by Gasteiger charge is 2.27. The second-order valence-electron chi connectivity index (χ2n) is 3.72. The molecule has 0 amide bonds. The van der Waals surface area contributed by atoms with Gasteiger partial charge in [-0.05, 0) is 12.1 Å². The zero-order valence-corrected chi connectivity index (χ0v) is 11.6. The van der Waals surface area contributed by atoms with Crippen molar-refractivity contribution in [2.24, 2.45) is 0 Å². The summed E-state index contributed by atoms with van der Waals surface area (Å²) < 4.78 is 65.5. The first-order valence-electron chi connectivity index (χ1n) is 5.31. The molecule has 0 aliphatic carbocycles. The number of benzene rings is 1. The minimum absolute atomic E-state index is 0.0544. The van der Waals surface area contributed by atoms with E-state index in [0.29, 0.717) is 0 Å². The fraction of sp³-hybridized carbons (Fsp3) is 0.400. The van der Waals surface area contributed by atoms with Crippen molar-refractivity contribution in [3.05, 3.63) is 23.2 Å². The lowest BCUT2D eigenvalue weighted by molar-refractivity contribution is -0.173. The molecule has 0 spiro atoms. The lowest BCUT2D eigenvalue weighted by Crippen LogP contribution is -2.29. The highest BCUT2D eigenvalue weighted by Crippen LogP contribution is 2.26. The Morgan fingerprint density at radius 3 is 2.55 bits per heavy atom. The number of nitrogen functional groups attached to an aromatic ring is 1. The SMILES string of the molecule is Nc1cccc(Cl)c1S(=O)(=O)NCCOCC(F)(F)F. The molecule has 1 aromatic carbocycles. The number of hydrogen-bond donors (Lipinski definition) is 2. The third kappa shape index (κ3) is 5.16. The molecule has 0 radical (unpaired) electrons. The minimum atomic E-state index is -4.45. The Balaban J connectivity index is 2.59. The van der Waals surface area contributed by atoms with Gasteiger partial charge in [0.15, 0.2) is 0 Å². The van der Waals surface area contributed by atoms with E-state index in [4.69, 9.17) is 17.3 Å². The minimum Gasteiger partial charge on any atom is -0.398 e. The zero-order chi connectivity index (χ0) is 15.4. The Kier molecular flexibility index (Phi) is 5.63. The Morgan fingerprint density at radius 2 is 2.00 bits per heavy atom. The van der Waals surface area contributed by atoms with Gasteiger partial charge < -0.3 is 10.5 Å². The number of nitrogens with one attached hydrogen (secondary N) is 1. The van der Waals surface area contributed by atoms with Crippen molar-refractivity contribution in [1.29, 1.82) is 0 Å². The molecule has 3 N–H and O–H groups in total. The number of anilines is 1. The highest BCUT2D eigenvalue weighted by atomic mass is 35.5. The average molecular weight is 333 g/mol. The van der Waals surface area contributed by atoms with E-state index in [0.717, 1.165) is 0 Å². The van der Waals surface area contributed by atoms with E-state index >= 15 is 0 Å². The first-order chi connectivity index (χ1) is 9.13. The van der Waals surface area contributed by atoms with Crippen molar-refractivity contribution < 1.29 is 26.3 Å². The van der Waals surface area contributed by atoms with Gasteiger partial charge in [0.1, 0.15) is 11.5 Å². The molecule has 10 heteroatoms. The van der Waals surface area contributed by atoms with Crippen molar-refractivity contribution in [2.75, 3.05) is 25.5 Å². The van der Waals surface area contributed by atoms with Gasteiger partial charge in [-0.1, -0.05) is 17.7 Å². The van der Waals surface area contributed by atoms with Crippen LogP contribution in [-0.2, 0) is 14.8 Å². The number of nitrogens with two attached hydrogens (primary N) is 1. The molecule has 20 heavy (non-hydrogen) atoms. The molecule has 0 aliphatic heterocycles. The van der Waals surface area contributed by atoms with E-state index in [1.165, 1.54) is 18.2 Å². The van der Waals surface area contributed by atoms with Crippen molar-refractivity contribution in [1.82, 2.24) is 4.72 Å².